The molecule has 0 fully saturated rings. The van der Waals surface area contributed by atoms with Crippen molar-refractivity contribution in [3.05, 3.63) is 59.1 Å². The molecule has 0 radical (unpaired) electrons. The fourth-order valence-electron chi connectivity index (χ4n) is 1.75. The van der Waals surface area contributed by atoms with Crippen molar-refractivity contribution in [3.63, 3.8) is 0 Å². The number of halogens is 1. The Morgan fingerprint density at radius 3 is 2.60 bits per heavy atom. The highest BCUT2D eigenvalue weighted by molar-refractivity contribution is 7.99. The van der Waals surface area contributed by atoms with Gasteiger partial charge in [-0.15, -0.1) is 11.8 Å². The van der Waals surface area contributed by atoms with Crippen LogP contribution in [0.5, 0.6) is 5.75 Å². The van der Waals surface area contributed by atoms with E-state index in [2.05, 4.69) is 12.1 Å². The monoisotopic (exact) mass is 307 g/mol. The molecule has 0 aliphatic rings. The fraction of sp³-hybridized carbons (Fsp3) is 0.250. The Morgan fingerprint density at radius 1 is 1.20 bits per heavy atom. The van der Waals surface area contributed by atoms with Gasteiger partial charge in [0.05, 0.1) is 11.6 Å². The van der Waals surface area contributed by atoms with Crippen LogP contribution in [0.4, 0.5) is 0 Å². The molecule has 106 valence electrons. The van der Waals surface area contributed by atoms with Crippen LogP contribution in [0.3, 0.4) is 0 Å². The topological polar surface area (TPSA) is 35.2 Å². The highest BCUT2D eigenvalue weighted by Crippen LogP contribution is 2.27. The van der Waals surface area contributed by atoms with Gasteiger partial charge in [-0.3, -0.25) is 0 Å². The van der Waals surface area contributed by atoms with Crippen molar-refractivity contribution in [3.8, 4) is 5.75 Å². The number of benzene rings is 2. The van der Waals surface area contributed by atoms with E-state index < -0.39 is 0 Å². The molecular formula is C16H18ClNOS. The van der Waals surface area contributed by atoms with Crippen LogP contribution in [-0.2, 0) is 0 Å². The largest absolute Gasteiger partial charge is 0.491 e. The van der Waals surface area contributed by atoms with E-state index in [0.29, 0.717) is 17.4 Å². The van der Waals surface area contributed by atoms with Gasteiger partial charge in [0.2, 0.25) is 0 Å². The van der Waals surface area contributed by atoms with Gasteiger partial charge in [-0.25, -0.2) is 0 Å². The van der Waals surface area contributed by atoms with E-state index in [0.717, 1.165) is 11.3 Å². The summed E-state index contributed by atoms with van der Waals surface area (Å²) in [5.41, 5.74) is 6.83. The molecule has 0 aliphatic heterocycles. The minimum absolute atomic E-state index is 0.0183. The van der Waals surface area contributed by atoms with Crippen LogP contribution in [0.25, 0.3) is 0 Å². The van der Waals surface area contributed by atoms with Gasteiger partial charge in [0.15, 0.2) is 0 Å². The molecule has 2 nitrogen and oxygen atoms in total. The first-order valence-electron chi connectivity index (χ1n) is 6.52. The van der Waals surface area contributed by atoms with E-state index in [1.54, 1.807) is 11.8 Å². The van der Waals surface area contributed by atoms with Gasteiger partial charge < -0.3 is 10.5 Å². The number of rotatable bonds is 6. The lowest BCUT2D eigenvalue weighted by Gasteiger charge is -2.11. The van der Waals surface area contributed by atoms with Gasteiger partial charge in [0.1, 0.15) is 5.75 Å². The lowest BCUT2D eigenvalue weighted by molar-refractivity contribution is 0.344. The van der Waals surface area contributed by atoms with E-state index in [-0.39, 0.29) is 6.04 Å². The van der Waals surface area contributed by atoms with Gasteiger partial charge in [0, 0.05) is 16.7 Å². The van der Waals surface area contributed by atoms with Gasteiger partial charge in [-0.2, -0.15) is 0 Å². The summed E-state index contributed by atoms with van der Waals surface area (Å²) in [6, 6.07) is 16.0. The third kappa shape index (κ3) is 4.44. The van der Waals surface area contributed by atoms with Gasteiger partial charge in [0.25, 0.3) is 0 Å². The molecule has 2 N–H and O–H groups in total. The number of ether oxygens (including phenoxy) is 1. The molecule has 0 unspecified atom stereocenters. The molecule has 0 saturated carbocycles. The van der Waals surface area contributed by atoms with Crippen molar-refractivity contribution in [2.75, 3.05) is 12.4 Å². The molecule has 4 heteroatoms. The number of hydrogen-bond acceptors (Lipinski definition) is 3. The lowest BCUT2D eigenvalue weighted by atomic mass is 10.1. The fourth-order valence-corrected chi connectivity index (χ4v) is 2.74. The van der Waals surface area contributed by atoms with Gasteiger partial charge in [-0.1, -0.05) is 35.9 Å². The van der Waals surface area contributed by atoms with E-state index >= 15 is 0 Å². The van der Waals surface area contributed by atoms with E-state index in [4.69, 9.17) is 22.1 Å². The minimum atomic E-state index is -0.0183. The molecule has 0 bridgehead atoms. The molecule has 0 aliphatic carbocycles. The summed E-state index contributed by atoms with van der Waals surface area (Å²) in [6.07, 6.45) is 0. The van der Waals surface area contributed by atoms with Crippen LogP contribution in [0.15, 0.2) is 53.4 Å². The van der Waals surface area contributed by atoms with Crippen molar-refractivity contribution in [1.82, 2.24) is 0 Å². The summed E-state index contributed by atoms with van der Waals surface area (Å²) in [4.78, 5) is 1.24. The molecule has 1 atom stereocenters. The van der Waals surface area contributed by atoms with Crippen LogP contribution in [-0.4, -0.2) is 12.4 Å². The van der Waals surface area contributed by atoms with Crippen LogP contribution in [0.2, 0.25) is 5.02 Å². The maximum Gasteiger partial charge on any atom is 0.137 e. The molecule has 0 spiro atoms. The average Bonchev–Trinajstić information content (AvgIpc) is 2.46. The number of thioether (sulfide) groups is 1. The van der Waals surface area contributed by atoms with Crippen LogP contribution in [0, 0.1) is 0 Å². The Labute approximate surface area is 129 Å². The maximum atomic E-state index is 6.18. The number of nitrogens with two attached hydrogens (primary N) is 1. The zero-order chi connectivity index (χ0) is 14.4. The van der Waals surface area contributed by atoms with Crippen LogP contribution < -0.4 is 10.5 Å². The summed E-state index contributed by atoms with van der Waals surface area (Å²) in [5, 5.41) is 0.615. The highest BCUT2D eigenvalue weighted by atomic mass is 35.5. The molecule has 0 amide bonds. The second kappa shape index (κ2) is 7.58. The van der Waals surface area contributed by atoms with Crippen molar-refractivity contribution < 1.29 is 4.74 Å². The van der Waals surface area contributed by atoms with Gasteiger partial charge in [-0.05, 0) is 36.8 Å². The first kappa shape index (κ1) is 15.2. The third-order valence-corrected chi connectivity index (χ3v) is 4.11. The normalized spacial score (nSPS) is 12.2. The van der Waals surface area contributed by atoms with Gasteiger partial charge >= 0.3 is 0 Å². The van der Waals surface area contributed by atoms with Crippen molar-refractivity contribution in [1.29, 1.82) is 0 Å². The molecule has 2 aromatic rings. The Balaban J connectivity index is 1.82. The average molecular weight is 308 g/mol. The molecule has 20 heavy (non-hydrogen) atoms. The van der Waals surface area contributed by atoms with Crippen LogP contribution in [0.1, 0.15) is 18.5 Å². The quantitative estimate of drug-likeness (QED) is 0.629. The summed E-state index contributed by atoms with van der Waals surface area (Å²) >= 11 is 7.95. The Morgan fingerprint density at radius 2 is 1.95 bits per heavy atom. The summed E-state index contributed by atoms with van der Waals surface area (Å²) < 4.78 is 5.70. The zero-order valence-electron chi connectivity index (χ0n) is 11.4. The predicted octanol–water partition coefficient (Wildman–Crippen LogP) is 4.53. The molecule has 0 aromatic heterocycles. The van der Waals surface area contributed by atoms with E-state index in [1.165, 1.54) is 4.90 Å². The third-order valence-electron chi connectivity index (χ3n) is 2.83. The first-order chi connectivity index (χ1) is 9.66. The number of hydrogen-bond donors (Lipinski definition) is 1. The molecular weight excluding hydrogens is 290 g/mol. The first-order valence-corrected chi connectivity index (χ1v) is 7.89. The Bertz CT molecular complexity index is 545. The molecule has 0 saturated heterocycles. The van der Waals surface area contributed by atoms with E-state index in [9.17, 15) is 0 Å². The Hall–Kier alpha value is -1.16. The van der Waals surface area contributed by atoms with Crippen molar-refractivity contribution in [2.45, 2.75) is 17.9 Å². The zero-order valence-corrected chi connectivity index (χ0v) is 13.0. The van der Waals surface area contributed by atoms with E-state index in [1.807, 2.05) is 43.3 Å². The summed E-state index contributed by atoms with van der Waals surface area (Å²) in [5.74, 6) is 1.60. The summed E-state index contributed by atoms with van der Waals surface area (Å²) in [6.45, 7) is 2.56. The highest BCUT2D eigenvalue weighted by Gasteiger charge is 2.05. The summed E-state index contributed by atoms with van der Waals surface area (Å²) in [7, 11) is 0. The van der Waals surface area contributed by atoms with Crippen LogP contribution >= 0.6 is 23.4 Å². The smallest absolute Gasteiger partial charge is 0.137 e. The molecule has 2 aromatic carbocycles. The molecule has 0 heterocycles. The SMILES string of the molecule is C[C@H](N)c1ccc(OCCSc2ccccc2)c(Cl)c1. The second-order valence-electron chi connectivity index (χ2n) is 4.49. The van der Waals surface area contributed by atoms with Crippen molar-refractivity contribution in [2.24, 2.45) is 5.73 Å². The van der Waals surface area contributed by atoms with Crippen molar-refractivity contribution >= 4 is 23.4 Å². The maximum absolute atomic E-state index is 6.18. The lowest BCUT2D eigenvalue weighted by Crippen LogP contribution is -2.05. The minimum Gasteiger partial charge on any atom is -0.491 e. The standard InChI is InChI=1S/C16H18ClNOS/c1-12(18)13-7-8-16(15(17)11-13)19-9-10-20-14-5-3-2-4-6-14/h2-8,11-12H,9-10,18H2,1H3/t12-/m0/s1. The predicted molar refractivity (Wildman–Crippen MR) is 86.7 cm³/mol. The Kier molecular flexibility index (Phi) is 5.77. The second-order valence-corrected chi connectivity index (χ2v) is 6.06. The molecule has 2 rings (SSSR count).